The Morgan fingerprint density at radius 1 is 1.75 bits per heavy atom. The van der Waals surface area contributed by atoms with E-state index in [9.17, 15) is 0 Å². The van der Waals surface area contributed by atoms with E-state index in [0.717, 1.165) is 11.9 Å². The van der Waals surface area contributed by atoms with Crippen molar-refractivity contribution in [1.82, 2.24) is 0 Å². The average Bonchev–Trinajstić information content (AvgIpc) is 1.64. The molecule has 1 rings (SSSR count). The molecule has 0 N–H and O–H groups in total. The van der Waals surface area contributed by atoms with Gasteiger partial charge in [0, 0.05) is 5.25 Å². The molecule has 0 radical (unpaired) electrons. The Labute approximate surface area is 55.8 Å². The fourth-order valence-electron chi connectivity index (χ4n) is 0.684. The summed E-state index contributed by atoms with van der Waals surface area (Å²) in [5.74, 6) is 0. The Balaban J connectivity index is 2.23. The average molecular weight is 150 g/mol. The molecule has 1 fully saturated rings. The molecule has 0 saturated carbocycles. The second-order valence-electron chi connectivity index (χ2n) is 1.98. The molecule has 2 atom stereocenters. The maximum absolute atomic E-state index is 5.38. The van der Waals surface area contributed by atoms with Crippen molar-refractivity contribution in [2.24, 2.45) is 0 Å². The first kappa shape index (κ1) is 6.85. The molecule has 1 saturated heterocycles. The van der Waals surface area contributed by atoms with E-state index >= 15 is 0 Å². The van der Waals surface area contributed by atoms with Gasteiger partial charge in [-0.05, 0) is 13.1 Å². The van der Waals surface area contributed by atoms with Gasteiger partial charge in [-0.15, -0.1) is 11.4 Å². The molecule has 1 nitrogen and oxygen atoms in total. The van der Waals surface area contributed by atoms with Crippen LogP contribution in [0.15, 0.2) is 0 Å². The third kappa shape index (κ3) is 1.93. The van der Waals surface area contributed by atoms with Crippen LogP contribution < -0.4 is 0 Å². The smallest absolute Gasteiger partial charge is 0.0857 e. The molecular formula is C5H11OPS. The van der Waals surface area contributed by atoms with Gasteiger partial charge < -0.3 is 4.52 Å². The van der Waals surface area contributed by atoms with E-state index < -0.39 is 0 Å². The summed E-state index contributed by atoms with van der Waals surface area (Å²) in [7, 11) is -0.114. The molecule has 0 aromatic carbocycles. The van der Waals surface area contributed by atoms with E-state index in [1.165, 1.54) is 6.42 Å². The maximum atomic E-state index is 5.38. The Morgan fingerprint density at radius 3 is 2.88 bits per heavy atom. The van der Waals surface area contributed by atoms with Crippen molar-refractivity contribution in [3.05, 3.63) is 0 Å². The van der Waals surface area contributed by atoms with Crippen LogP contribution in [0.1, 0.15) is 13.3 Å². The van der Waals surface area contributed by atoms with Crippen LogP contribution in [0.5, 0.6) is 0 Å². The van der Waals surface area contributed by atoms with E-state index in [-0.39, 0.29) is 7.35 Å². The number of hydrogen-bond donors (Lipinski definition) is 0. The van der Waals surface area contributed by atoms with Gasteiger partial charge in [0.05, 0.1) is 14.0 Å². The summed E-state index contributed by atoms with van der Waals surface area (Å²) < 4.78 is 5.38. The quantitative estimate of drug-likeness (QED) is 0.490. The molecule has 1 aliphatic heterocycles. The molecule has 0 aromatic heterocycles. The highest BCUT2D eigenvalue weighted by Crippen LogP contribution is 2.53. The van der Waals surface area contributed by atoms with Gasteiger partial charge in [-0.3, -0.25) is 0 Å². The van der Waals surface area contributed by atoms with Gasteiger partial charge in [-0.2, -0.15) is 0 Å². The zero-order valence-corrected chi connectivity index (χ0v) is 6.97. The van der Waals surface area contributed by atoms with Crippen LogP contribution in [0, 0.1) is 0 Å². The maximum Gasteiger partial charge on any atom is 0.0857 e. The van der Waals surface area contributed by atoms with E-state index in [1.807, 2.05) is 11.4 Å². The van der Waals surface area contributed by atoms with Crippen molar-refractivity contribution < 1.29 is 4.52 Å². The lowest BCUT2D eigenvalue weighted by atomic mass is 10.4. The summed E-state index contributed by atoms with van der Waals surface area (Å²) in [6.07, 6.45) is 1.23. The van der Waals surface area contributed by atoms with Gasteiger partial charge in [-0.1, -0.05) is 6.92 Å². The lowest BCUT2D eigenvalue weighted by molar-refractivity contribution is 0.348. The van der Waals surface area contributed by atoms with Crippen LogP contribution in [0.3, 0.4) is 0 Å². The van der Waals surface area contributed by atoms with Gasteiger partial charge in [0.15, 0.2) is 0 Å². The molecule has 2 unspecified atom stereocenters. The van der Waals surface area contributed by atoms with Crippen LogP contribution in [-0.4, -0.2) is 18.5 Å². The molecule has 3 heteroatoms. The van der Waals surface area contributed by atoms with Gasteiger partial charge in [0.2, 0.25) is 0 Å². The van der Waals surface area contributed by atoms with Crippen LogP contribution in [0.2, 0.25) is 0 Å². The molecular weight excluding hydrogens is 139 g/mol. The zero-order chi connectivity index (χ0) is 5.98. The third-order valence-electron chi connectivity index (χ3n) is 1.13. The fourth-order valence-corrected chi connectivity index (χ4v) is 4.06. The van der Waals surface area contributed by atoms with Crippen LogP contribution in [0.4, 0.5) is 0 Å². The molecule has 0 bridgehead atoms. The lowest BCUT2D eigenvalue weighted by Crippen LogP contribution is -2.05. The number of hydrogen-bond acceptors (Lipinski definition) is 2. The molecule has 0 spiro atoms. The minimum atomic E-state index is -0.114. The second kappa shape index (κ2) is 3.05. The van der Waals surface area contributed by atoms with Gasteiger partial charge in [0.25, 0.3) is 0 Å². The van der Waals surface area contributed by atoms with Crippen LogP contribution >= 0.6 is 18.7 Å². The predicted molar refractivity (Wildman–Crippen MR) is 40.5 cm³/mol. The normalized spacial score (nSPS) is 39.8. The minimum Gasteiger partial charge on any atom is -0.348 e. The van der Waals surface area contributed by atoms with Gasteiger partial charge >= 0.3 is 0 Å². The lowest BCUT2D eigenvalue weighted by Gasteiger charge is -2.22. The monoisotopic (exact) mass is 150 g/mol. The Bertz CT molecular complexity index is 70.8. The molecule has 0 aromatic rings. The van der Waals surface area contributed by atoms with Gasteiger partial charge in [-0.25, -0.2) is 0 Å². The molecule has 0 amide bonds. The highest BCUT2D eigenvalue weighted by molar-refractivity contribution is 8.54. The first-order valence-electron chi connectivity index (χ1n) is 2.82. The van der Waals surface area contributed by atoms with E-state index in [1.54, 1.807) is 0 Å². The largest absolute Gasteiger partial charge is 0.348 e. The first-order chi connectivity index (χ1) is 3.79. The minimum absolute atomic E-state index is 0.114. The SMILES string of the molecule is CC1CCOP(C)S1. The Morgan fingerprint density at radius 2 is 2.50 bits per heavy atom. The fraction of sp³-hybridized carbons (Fsp3) is 1.00. The predicted octanol–water partition coefficient (Wildman–Crippen LogP) is 2.47. The van der Waals surface area contributed by atoms with Crippen molar-refractivity contribution >= 4 is 18.7 Å². The molecule has 1 aliphatic rings. The highest BCUT2D eigenvalue weighted by Gasteiger charge is 2.14. The molecule has 0 aliphatic carbocycles. The van der Waals surface area contributed by atoms with Crippen molar-refractivity contribution in [1.29, 1.82) is 0 Å². The number of rotatable bonds is 0. The van der Waals surface area contributed by atoms with E-state index in [4.69, 9.17) is 4.52 Å². The molecule has 8 heavy (non-hydrogen) atoms. The second-order valence-corrected chi connectivity index (χ2v) is 6.31. The van der Waals surface area contributed by atoms with Crippen LogP contribution in [0.25, 0.3) is 0 Å². The summed E-state index contributed by atoms with van der Waals surface area (Å²) in [4.78, 5) is 0. The van der Waals surface area contributed by atoms with Crippen molar-refractivity contribution in [3.8, 4) is 0 Å². The zero-order valence-electron chi connectivity index (χ0n) is 5.26. The molecule has 48 valence electrons. The summed E-state index contributed by atoms with van der Waals surface area (Å²) in [6.45, 7) is 5.43. The first-order valence-corrected chi connectivity index (χ1v) is 6.01. The summed E-state index contributed by atoms with van der Waals surface area (Å²) in [5.41, 5.74) is 0. The van der Waals surface area contributed by atoms with E-state index in [2.05, 4.69) is 13.6 Å². The molecule has 1 heterocycles. The van der Waals surface area contributed by atoms with Crippen LogP contribution in [-0.2, 0) is 4.52 Å². The topological polar surface area (TPSA) is 9.23 Å². The Hall–Kier alpha value is 0.740. The third-order valence-corrected chi connectivity index (χ3v) is 4.85. The van der Waals surface area contributed by atoms with Crippen molar-refractivity contribution in [3.63, 3.8) is 0 Å². The van der Waals surface area contributed by atoms with E-state index in [0.29, 0.717) is 0 Å². The highest BCUT2D eigenvalue weighted by atomic mass is 32.7. The summed E-state index contributed by atoms with van der Waals surface area (Å²) >= 11 is 1.98. The summed E-state index contributed by atoms with van der Waals surface area (Å²) in [5, 5.41) is 0.833. The summed E-state index contributed by atoms with van der Waals surface area (Å²) in [6, 6.07) is 0. The van der Waals surface area contributed by atoms with Gasteiger partial charge in [0.1, 0.15) is 0 Å². The van der Waals surface area contributed by atoms with Crippen molar-refractivity contribution in [2.45, 2.75) is 18.6 Å². The van der Waals surface area contributed by atoms with Crippen molar-refractivity contribution in [2.75, 3.05) is 13.3 Å². The standard InChI is InChI=1S/C5H11OPS/c1-5-3-4-6-7(2)8-5/h5H,3-4H2,1-2H3. The Kier molecular flexibility index (Phi) is 2.61.